The lowest BCUT2D eigenvalue weighted by Crippen LogP contribution is -2.30. The first-order chi connectivity index (χ1) is 10.6. The van der Waals surface area contributed by atoms with Crippen molar-refractivity contribution in [3.05, 3.63) is 60.2 Å². The van der Waals surface area contributed by atoms with Crippen LogP contribution in [0, 0.1) is 0 Å². The molecule has 0 saturated carbocycles. The average Bonchev–Trinajstić information content (AvgIpc) is 2.55. The molecule has 0 unspecified atom stereocenters. The zero-order valence-electron chi connectivity index (χ0n) is 12.4. The number of hydrogen-bond acceptors (Lipinski definition) is 4. The topological polar surface area (TPSA) is 64.6 Å². The number of benzene rings is 2. The van der Waals surface area contributed by atoms with Crippen LogP contribution in [0.15, 0.2) is 54.6 Å². The van der Waals surface area contributed by atoms with Crippen LogP contribution in [0.25, 0.3) is 0 Å². The number of hydrogen-bond donors (Lipinski definition) is 1. The molecule has 2 aromatic rings. The van der Waals surface area contributed by atoms with E-state index in [4.69, 9.17) is 9.47 Å². The lowest BCUT2D eigenvalue weighted by Gasteiger charge is -2.14. The highest BCUT2D eigenvalue weighted by molar-refractivity contribution is 5.98. The number of methoxy groups -OCH3 is 1. The number of anilines is 1. The van der Waals surface area contributed by atoms with Crippen LogP contribution in [-0.4, -0.2) is 25.1 Å². The van der Waals surface area contributed by atoms with Gasteiger partial charge in [-0.2, -0.15) is 0 Å². The average molecular weight is 299 g/mol. The number of rotatable bonds is 5. The van der Waals surface area contributed by atoms with Crippen molar-refractivity contribution in [1.29, 1.82) is 0 Å². The van der Waals surface area contributed by atoms with E-state index in [0.29, 0.717) is 11.4 Å². The van der Waals surface area contributed by atoms with Crippen LogP contribution in [0.1, 0.15) is 17.3 Å². The zero-order chi connectivity index (χ0) is 15.9. The highest BCUT2D eigenvalue weighted by Crippen LogP contribution is 2.19. The standard InChI is InChI=1S/C17H17NO4/c1-12(16(19)18-13-8-4-3-5-9-13)22-17(20)14-10-6-7-11-15(14)21-2/h3-12H,1-2H3,(H,18,19)/t12-/m0/s1. The summed E-state index contributed by atoms with van der Waals surface area (Å²) in [7, 11) is 1.47. The lowest BCUT2D eigenvalue weighted by atomic mass is 10.2. The Morgan fingerprint density at radius 2 is 1.64 bits per heavy atom. The van der Waals surface area contributed by atoms with E-state index >= 15 is 0 Å². The SMILES string of the molecule is COc1ccccc1C(=O)O[C@@H](C)C(=O)Nc1ccccc1. The Morgan fingerprint density at radius 1 is 1.00 bits per heavy atom. The number of para-hydroxylation sites is 2. The van der Waals surface area contributed by atoms with Gasteiger partial charge in [-0.15, -0.1) is 0 Å². The predicted octanol–water partition coefficient (Wildman–Crippen LogP) is 2.88. The molecule has 5 nitrogen and oxygen atoms in total. The highest BCUT2D eigenvalue weighted by Gasteiger charge is 2.21. The third-order valence-electron chi connectivity index (χ3n) is 3.02. The molecular weight excluding hydrogens is 282 g/mol. The van der Waals surface area contributed by atoms with Crippen molar-refractivity contribution in [1.82, 2.24) is 0 Å². The summed E-state index contributed by atoms with van der Waals surface area (Å²) < 4.78 is 10.3. The molecule has 1 amide bonds. The van der Waals surface area contributed by atoms with Gasteiger partial charge < -0.3 is 14.8 Å². The van der Waals surface area contributed by atoms with E-state index in [1.54, 1.807) is 48.5 Å². The Kier molecular flexibility index (Phi) is 5.14. The number of nitrogens with one attached hydrogen (secondary N) is 1. The van der Waals surface area contributed by atoms with E-state index in [-0.39, 0.29) is 5.56 Å². The molecule has 5 heteroatoms. The third kappa shape index (κ3) is 3.85. The second-order valence-corrected chi connectivity index (χ2v) is 4.60. The molecule has 22 heavy (non-hydrogen) atoms. The van der Waals surface area contributed by atoms with Crippen LogP contribution in [0.4, 0.5) is 5.69 Å². The molecule has 2 aromatic carbocycles. The minimum Gasteiger partial charge on any atom is -0.496 e. The van der Waals surface area contributed by atoms with E-state index < -0.39 is 18.0 Å². The number of ether oxygens (including phenoxy) is 2. The molecule has 0 saturated heterocycles. The van der Waals surface area contributed by atoms with Gasteiger partial charge in [0.2, 0.25) is 0 Å². The van der Waals surface area contributed by atoms with Crippen molar-refractivity contribution < 1.29 is 19.1 Å². The zero-order valence-corrected chi connectivity index (χ0v) is 12.4. The lowest BCUT2D eigenvalue weighted by molar-refractivity contribution is -0.123. The molecule has 2 rings (SSSR count). The fourth-order valence-corrected chi connectivity index (χ4v) is 1.86. The van der Waals surface area contributed by atoms with Gasteiger partial charge in [0.25, 0.3) is 5.91 Å². The number of esters is 1. The Hall–Kier alpha value is -2.82. The van der Waals surface area contributed by atoms with Crippen LogP contribution in [-0.2, 0) is 9.53 Å². The minimum absolute atomic E-state index is 0.282. The Labute approximate surface area is 128 Å². The summed E-state index contributed by atoms with van der Waals surface area (Å²) in [4.78, 5) is 24.1. The Morgan fingerprint density at radius 3 is 2.32 bits per heavy atom. The van der Waals surface area contributed by atoms with Gasteiger partial charge in [-0.25, -0.2) is 4.79 Å². The smallest absolute Gasteiger partial charge is 0.342 e. The van der Waals surface area contributed by atoms with E-state index in [1.165, 1.54) is 14.0 Å². The van der Waals surface area contributed by atoms with Crippen molar-refractivity contribution in [3.63, 3.8) is 0 Å². The first-order valence-corrected chi connectivity index (χ1v) is 6.81. The van der Waals surface area contributed by atoms with E-state index in [2.05, 4.69) is 5.32 Å². The van der Waals surface area contributed by atoms with Gasteiger partial charge in [0.05, 0.1) is 7.11 Å². The Bertz CT molecular complexity index is 655. The quantitative estimate of drug-likeness (QED) is 0.862. The fourth-order valence-electron chi connectivity index (χ4n) is 1.86. The van der Waals surface area contributed by atoms with Crippen molar-refractivity contribution >= 4 is 17.6 Å². The monoisotopic (exact) mass is 299 g/mol. The van der Waals surface area contributed by atoms with Crippen LogP contribution >= 0.6 is 0 Å². The van der Waals surface area contributed by atoms with Gasteiger partial charge in [0.15, 0.2) is 6.10 Å². The molecule has 1 N–H and O–H groups in total. The van der Waals surface area contributed by atoms with Gasteiger partial charge >= 0.3 is 5.97 Å². The molecule has 0 bridgehead atoms. The van der Waals surface area contributed by atoms with Crippen molar-refractivity contribution in [2.45, 2.75) is 13.0 Å². The van der Waals surface area contributed by atoms with Gasteiger partial charge in [-0.1, -0.05) is 30.3 Å². The number of carbonyl (C=O) groups is 2. The first-order valence-electron chi connectivity index (χ1n) is 6.81. The van der Waals surface area contributed by atoms with Crippen molar-refractivity contribution in [2.24, 2.45) is 0 Å². The minimum atomic E-state index is -0.919. The largest absolute Gasteiger partial charge is 0.496 e. The molecule has 0 aliphatic carbocycles. The molecule has 0 aliphatic heterocycles. The van der Waals surface area contributed by atoms with Gasteiger partial charge in [-0.3, -0.25) is 4.79 Å². The Balaban J connectivity index is 2.00. The van der Waals surface area contributed by atoms with E-state index in [9.17, 15) is 9.59 Å². The highest BCUT2D eigenvalue weighted by atomic mass is 16.5. The van der Waals surface area contributed by atoms with E-state index in [1.807, 2.05) is 6.07 Å². The van der Waals surface area contributed by atoms with Crippen molar-refractivity contribution in [2.75, 3.05) is 12.4 Å². The van der Waals surface area contributed by atoms with Crippen LogP contribution in [0.3, 0.4) is 0 Å². The second-order valence-electron chi connectivity index (χ2n) is 4.60. The first kappa shape index (κ1) is 15.6. The molecule has 1 atom stereocenters. The number of carbonyl (C=O) groups excluding carboxylic acids is 2. The maximum absolute atomic E-state index is 12.1. The van der Waals surface area contributed by atoms with Crippen LogP contribution < -0.4 is 10.1 Å². The summed E-state index contributed by atoms with van der Waals surface area (Å²) in [6, 6.07) is 15.7. The van der Waals surface area contributed by atoms with Gasteiger partial charge in [0, 0.05) is 5.69 Å². The maximum Gasteiger partial charge on any atom is 0.342 e. The molecular formula is C17H17NO4. The molecule has 0 heterocycles. The van der Waals surface area contributed by atoms with E-state index in [0.717, 1.165) is 0 Å². The second kappa shape index (κ2) is 7.26. The van der Waals surface area contributed by atoms with Crippen LogP contribution in [0.2, 0.25) is 0 Å². The maximum atomic E-state index is 12.1. The van der Waals surface area contributed by atoms with Crippen LogP contribution in [0.5, 0.6) is 5.75 Å². The van der Waals surface area contributed by atoms with Gasteiger partial charge in [-0.05, 0) is 31.2 Å². The van der Waals surface area contributed by atoms with Crippen molar-refractivity contribution in [3.8, 4) is 5.75 Å². The molecule has 0 aliphatic rings. The number of amides is 1. The molecule has 114 valence electrons. The predicted molar refractivity (Wildman–Crippen MR) is 82.9 cm³/mol. The summed E-state index contributed by atoms with van der Waals surface area (Å²) >= 11 is 0. The summed E-state index contributed by atoms with van der Waals surface area (Å²) in [6.07, 6.45) is -0.919. The third-order valence-corrected chi connectivity index (χ3v) is 3.02. The summed E-state index contributed by atoms with van der Waals surface area (Å²) in [5.41, 5.74) is 0.928. The molecule has 0 aromatic heterocycles. The summed E-state index contributed by atoms with van der Waals surface area (Å²) in [5, 5.41) is 2.68. The summed E-state index contributed by atoms with van der Waals surface area (Å²) in [5.74, 6) is -0.592. The molecule has 0 spiro atoms. The summed E-state index contributed by atoms with van der Waals surface area (Å²) in [6.45, 7) is 1.52. The van der Waals surface area contributed by atoms with Gasteiger partial charge in [0.1, 0.15) is 11.3 Å². The molecule has 0 fully saturated rings. The molecule has 0 radical (unpaired) electrons. The fraction of sp³-hybridized carbons (Fsp3) is 0.176. The normalized spacial score (nSPS) is 11.4.